The first-order chi connectivity index (χ1) is 9.93. The topological polar surface area (TPSA) is 37.3 Å². The predicted molar refractivity (Wildman–Crippen MR) is 97.0 cm³/mol. The number of phenolic OH excluding ortho intramolecular Hbond substituents is 1. The molecule has 0 aromatic heterocycles. The van der Waals surface area contributed by atoms with E-state index >= 15 is 0 Å². The molecule has 0 spiro atoms. The summed E-state index contributed by atoms with van der Waals surface area (Å²) in [6.07, 6.45) is 1.91. The summed E-state index contributed by atoms with van der Waals surface area (Å²) in [5, 5.41) is 10.9. The van der Waals surface area contributed by atoms with Crippen LogP contribution in [0.1, 0.15) is 71.6 Å². The summed E-state index contributed by atoms with van der Waals surface area (Å²) in [5.74, 6) is 1.29. The standard InChI is InChI=1S/C19H30O2S/c1-13(20)22-10-8-9-14-11-15(18(2,3)4)17(21)16(12-14)19(5,6)7/h11-12,21H,8-10H2,1-7H3. The zero-order valence-electron chi connectivity index (χ0n) is 15.0. The van der Waals surface area contributed by atoms with E-state index in [1.165, 1.54) is 17.3 Å². The van der Waals surface area contributed by atoms with E-state index < -0.39 is 0 Å². The third kappa shape index (κ3) is 5.35. The maximum absolute atomic E-state index is 11.0. The molecule has 0 atom stereocenters. The van der Waals surface area contributed by atoms with Gasteiger partial charge in [-0.2, -0.15) is 0 Å². The van der Waals surface area contributed by atoms with Crippen LogP contribution in [0.15, 0.2) is 12.1 Å². The summed E-state index contributed by atoms with van der Waals surface area (Å²) in [6, 6.07) is 4.26. The number of aryl methyl sites for hydroxylation is 1. The van der Waals surface area contributed by atoms with Crippen LogP contribution in [0.2, 0.25) is 0 Å². The second kappa shape index (κ2) is 7.08. The maximum atomic E-state index is 11.0. The number of thioether (sulfide) groups is 1. The van der Waals surface area contributed by atoms with E-state index in [-0.39, 0.29) is 15.9 Å². The molecule has 0 saturated carbocycles. The quantitative estimate of drug-likeness (QED) is 0.774. The van der Waals surface area contributed by atoms with Gasteiger partial charge in [0.05, 0.1) is 0 Å². The molecular formula is C19H30O2S. The number of rotatable bonds is 4. The zero-order valence-corrected chi connectivity index (χ0v) is 15.9. The van der Waals surface area contributed by atoms with Crippen molar-refractivity contribution < 1.29 is 9.90 Å². The van der Waals surface area contributed by atoms with E-state index in [1.54, 1.807) is 6.92 Å². The summed E-state index contributed by atoms with van der Waals surface area (Å²) in [7, 11) is 0. The maximum Gasteiger partial charge on any atom is 0.185 e. The Balaban J connectivity index is 3.10. The van der Waals surface area contributed by atoms with Gasteiger partial charge in [-0.25, -0.2) is 0 Å². The number of aromatic hydroxyl groups is 1. The predicted octanol–water partition coefficient (Wildman–Crippen LogP) is 5.20. The molecule has 0 heterocycles. The lowest BCUT2D eigenvalue weighted by Gasteiger charge is -2.28. The summed E-state index contributed by atoms with van der Waals surface area (Å²) in [6.45, 7) is 14.4. The average molecular weight is 323 g/mol. The molecule has 0 aliphatic heterocycles. The second-order valence-corrected chi connectivity index (χ2v) is 9.25. The van der Waals surface area contributed by atoms with Gasteiger partial charge in [0.1, 0.15) is 5.75 Å². The Bertz CT molecular complexity index is 498. The van der Waals surface area contributed by atoms with Crippen molar-refractivity contribution in [1.82, 2.24) is 0 Å². The van der Waals surface area contributed by atoms with Gasteiger partial charge in [0.15, 0.2) is 5.12 Å². The van der Waals surface area contributed by atoms with E-state index in [0.29, 0.717) is 5.75 Å². The Labute approximate surface area is 139 Å². The highest BCUT2D eigenvalue weighted by Crippen LogP contribution is 2.40. The molecule has 124 valence electrons. The Hall–Kier alpha value is -0.960. The lowest BCUT2D eigenvalue weighted by molar-refractivity contribution is -0.109. The number of carbonyl (C=O) groups is 1. The van der Waals surface area contributed by atoms with Crippen molar-refractivity contribution in [2.45, 2.75) is 72.1 Å². The van der Waals surface area contributed by atoms with Gasteiger partial charge in [-0.3, -0.25) is 4.79 Å². The van der Waals surface area contributed by atoms with E-state index in [9.17, 15) is 9.90 Å². The van der Waals surface area contributed by atoms with Crippen LogP contribution in [0.5, 0.6) is 5.75 Å². The largest absolute Gasteiger partial charge is 0.507 e. The zero-order chi connectivity index (χ0) is 17.1. The van der Waals surface area contributed by atoms with Crippen LogP contribution in [0, 0.1) is 0 Å². The molecule has 0 amide bonds. The Morgan fingerprint density at radius 1 is 1.05 bits per heavy atom. The van der Waals surface area contributed by atoms with Crippen LogP contribution in [0.3, 0.4) is 0 Å². The van der Waals surface area contributed by atoms with Crippen LogP contribution in [-0.2, 0) is 22.0 Å². The first-order valence-corrected chi connectivity index (χ1v) is 8.91. The van der Waals surface area contributed by atoms with Gasteiger partial charge in [0.2, 0.25) is 0 Å². The minimum absolute atomic E-state index is 0.0891. The Kier molecular flexibility index (Phi) is 6.14. The molecule has 3 heteroatoms. The normalized spacial score (nSPS) is 12.5. The fourth-order valence-corrected chi connectivity index (χ4v) is 3.05. The molecule has 1 aromatic carbocycles. The third-order valence-corrected chi connectivity index (χ3v) is 4.60. The fraction of sp³-hybridized carbons (Fsp3) is 0.632. The number of carbonyl (C=O) groups excluding carboxylic acids is 1. The van der Waals surface area contributed by atoms with E-state index in [1.807, 2.05) is 0 Å². The molecule has 1 N–H and O–H groups in total. The number of hydrogen-bond acceptors (Lipinski definition) is 3. The van der Waals surface area contributed by atoms with Gasteiger partial charge in [-0.1, -0.05) is 65.4 Å². The molecule has 1 aromatic rings. The van der Waals surface area contributed by atoms with Crippen molar-refractivity contribution in [3.05, 3.63) is 28.8 Å². The number of benzene rings is 1. The highest BCUT2D eigenvalue weighted by molar-refractivity contribution is 8.13. The summed E-state index contributed by atoms with van der Waals surface area (Å²) < 4.78 is 0. The molecule has 0 fully saturated rings. The lowest BCUT2D eigenvalue weighted by Crippen LogP contribution is -2.18. The molecule has 1 rings (SSSR count). The lowest BCUT2D eigenvalue weighted by atomic mass is 9.78. The van der Waals surface area contributed by atoms with Crippen LogP contribution in [0.4, 0.5) is 0 Å². The van der Waals surface area contributed by atoms with Crippen LogP contribution in [-0.4, -0.2) is 16.0 Å². The first-order valence-electron chi connectivity index (χ1n) is 7.93. The molecular weight excluding hydrogens is 292 g/mol. The average Bonchev–Trinajstić information content (AvgIpc) is 2.33. The van der Waals surface area contributed by atoms with Crippen molar-refractivity contribution in [3.8, 4) is 5.75 Å². The van der Waals surface area contributed by atoms with Gasteiger partial charge < -0.3 is 5.11 Å². The monoisotopic (exact) mass is 322 g/mol. The fourth-order valence-electron chi connectivity index (χ4n) is 2.47. The minimum Gasteiger partial charge on any atom is -0.507 e. The number of hydrogen-bond donors (Lipinski definition) is 1. The van der Waals surface area contributed by atoms with Crippen molar-refractivity contribution in [1.29, 1.82) is 0 Å². The molecule has 0 unspecified atom stereocenters. The highest BCUT2D eigenvalue weighted by atomic mass is 32.2. The number of phenols is 1. The summed E-state index contributed by atoms with van der Waals surface area (Å²) in [4.78, 5) is 11.0. The summed E-state index contributed by atoms with van der Waals surface area (Å²) in [5.41, 5.74) is 3.09. The van der Waals surface area contributed by atoms with Crippen molar-refractivity contribution in [2.75, 3.05) is 5.75 Å². The molecule has 0 saturated heterocycles. The smallest absolute Gasteiger partial charge is 0.185 e. The van der Waals surface area contributed by atoms with Crippen molar-refractivity contribution in [3.63, 3.8) is 0 Å². The molecule has 0 bridgehead atoms. The molecule has 0 aliphatic rings. The first kappa shape index (κ1) is 19.1. The van der Waals surface area contributed by atoms with E-state index in [4.69, 9.17) is 0 Å². The molecule has 2 nitrogen and oxygen atoms in total. The van der Waals surface area contributed by atoms with E-state index in [0.717, 1.165) is 29.7 Å². The second-order valence-electron chi connectivity index (χ2n) is 7.98. The van der Waals surface area contributed by atoms with Crippen LogP contribution in [0.25, 0.3) is 0 Å². The Morgan fingerprint density at radius 2 is 1.50 bits per heavy atom. The molecule has 0 aliphatic carbocycles. The van der Waals surface area contributed by atoms with Crippen LogP contribution >= 0.6 is 11.8 Å². The van der Waals surface area contributed by atoms with Gasteiger partial charge >= 0.3 is 0 Å². The van der Waals surface area contributed by atoms with E-state index in [2.05, 4.69) is 53.7 Å². The van der Waals surface area contributed by atoms with Crippen molar-refractivity contribution >= 4 is 16.9 Å². The molecule has 22 heavy (non-hydrogen) atoms. The van der Waals surface area contributed by atoms with Gasteiger partial charge in [0, 0.05) is 12.7 Å². The third-order valence-electron chi connectivity index (χ3n) is 3.70. The molecule has 0 radical (unpaired) electrons. The minimum atomic E-state index is -0.0891. The van der Waals surface area contributed by atoms with Gasteiger partial charge in [-0.05, 0) is 40.4 Å². The summed E-state index contributed by atoms with van der Waals surface area (Å²) >= 11 is 1.38. The van der Waals surface area contributed by atoms with Gasteiger partial charge in [0.25, 0.3) is 0 Å². The Morgan fingerprint density at radius 3 is 1.86 bits per heavy atom. The van der Waals surface area contributed by atoms with Crippen LogP contribution < -0.4 is 0 Å². The highest BCUT2D eigenvalue weighted by Gasteiger charge is 2.26. The SMILES string of the molecule is CC(=O)SCCCc1cc(C(C)(C)C)c(O)c(C(C)(C)C)c1. The van der Waals surface area contributed by atoms with Gasteiger partial charge in [-0.15, -0.1) is 0 Å². The van der Waals surface area contributed by atoms with Crippen molar-refractivity contribution in [2.24, 2.45) is 0 Å².